The van der Waals surface area contributed by atoms with Gasteiger partial charge in [0, 0.05) is 12.4 Å². The zero-order chi connectivity index (χ0) is 12.1. The van der Waals surface area contributed by atoms with Crippen molar-refractivity contribution in [1.29, 1.82) is 0 Å². The number of nitrogens with zero attached hydrogens (tertiary/aromatic N) is 2. The van der Waals surface area contributed by atoms with Crippen LogP contribution < -0.4 is 5.32 Å². The van der Waals surface area contributed by atoms with E-state index in [4.69, 9.17) is 0 Å². The third-order valence-corrected chi connectivity index (χ3v) is 2.46. The Labute approximate surface area is 99.7 Å². The van der Waals surface area contributed by atoms with Crippen molar-refractivity contribution in [3.05, 3.63) is 59.9 Å². The van der Waals surface area contributed by atoms with Gasteiger partial charge in [-0.05, 0) is 30.3 Å². The molecule has 0 aliphatic rings. The van der Waals surface area contributed by atoms with E-state index in [1.165, 1.54) is 12.1 Å². The summed E-state index contributed by atoms with van der Waals surface area (Å²) in [4.78, 5) is 8.46. The summed E-state index contributed by atoms with van der Waals surface area (Å²) in [5.74, 6) is 0.457. The van der Waals surface area contributed by atoms with E-state index < -0.39 is 0 Å². The Balaban J connectivity index is 2.32. The second-order valence-electron chi connectivity index (χ2n) is 3.65. The summed E-state index contributed by atoms with van der Waals surface area (Å²) in [5.41, 5.74) is 0.958. The number of hydrogen-bond donors (Lipinski definition) is 1. The van der Waals surface area contributed by atoms with E-state index in [9.17, 15) is 4.39 Å². The first-order valence-electron chi connectivity index (χ1n) is 5.57. The van der Waals surface area contributed by atoms with Crippen molar-refractivity contribution in [2.24, 2.45) is 0 Å². The van der Waals surface area contributed by atoms with Crippen molar-refractivity contribution < 1.29 is 4.39 Å². The first-order valence-corrected chi connectivity index (χ1v) is 5.57. The largest absolute Gasteiger partial charge is 0.304 e. The third kappa shape index (κ3) is 2.85. The SMILES string of the molecule is CCNC(c1ccc(F)cc1)c1ncccn1. The minimum atomic E-state index is -0.238. The lowest BCUT2D eigenvalue weighted by Crippen LogP contribution is -2.23. The van der Waals surface area contributed by atoms with Crippen LogP contribution in [0.5, 0.6) is 0 Å². The Kier molecular flexibility index (Phi) is 3.77. The minimum absolute atomic E-state index is 0.0956. The van der Waals surface area contributed by atoms with Gasteiger partial charge >= 0.3 is 0 Å². The fraction of sp³-hybridized carbons (Fsp3) is 0.231. The van der Waals surface area contributed by atoms with Crippen LogP contribution in [0.3, 0.4) is 0 Å². The topological polar surface area (TPSA) is 37.8 Å². The van der Waals surface area contributed by atoms with Gasteiger partial charge in [-0.25, -0.2) is 14.4 Å². The third-order valence-electron chi connectivity index (χ3n) is 2.46. The maximum absolute atomic E-state index is 12.9. The standard InChI is InChI=1S/C13H14FN3/c1-2-15-12(13-16-8-3-9-17-13)10-4-6-11(14)7-5-10/h3-9,12,15H,2H2,1H3. The Morgan fingerprint density at radius 1 is 1.18 bits per heavy atom. The Bertz CT molecular complexity index is 456. The molecule has 2 rings (SSSR count). The van der Waals surface area contributed by atoms with E-state index in [1.54, 1.807) is 30.6 Å². The van der Waals surface area contributed by atoms with Crippen molar-refractivity contribution in [2.75, 3.05) is 6.54 Å². The molecule has 4 heteroatoms. The van der Waals surface area contributed by atoms with Gasteiger partial charge in [0.2, 0.25) is 0 Å². The van der Waals surface area contributed by atoms with Gasteiger partial charge in [-0.2, -0.15) is 0 Å². The average molecular weight is 231 g/mol. The van der Waals surface area contributed by atoms with E-state index in [1.807, 2.05) is 6.92 Å². The van der Waals surface area contributed by atoms with Crippen LogP contribution in [0.4, 0.5) is 4.39 Å². The van der Waals surface area contributed by atoms with E-state index in [0.717, 1.165) is 12.1 Å². The molecule has 17 heavy (non-hydrogen) atoms. The molecule has 1 heterocycles. The molecular weight excluding hydrogens is 217 g/mol. The van der Waals surface area contributed by atoms with Gasteiger partial charge in [0.05, 0.1) is 6.04 Å². The molecule has 1 aromatic heterocycles. The Morgan fingerprint density at radius 3 is 2.41 bits per heavy atom. The summed E-state index contributed by atoms with van der Waals surface area (Å²) in [6.45, 7) is 2.81. The number of halogens is 1. The Hall–Kier alpha value is -1.81. The highest BCUT2D eigenvalue weighted by molar-refractivity contribution is 5.25. The van der Waals surface area contributed by atoms with Crippen molar-refractivity contribution in [2.45, 2.75) is 13.0 Å². The predicted octanol–water partition coefficient (Wildman–Crippen LogP) is 2.31. The molecule has 1 atom stereocenters. The molecule has 88 valence electrons. The summed E-state index contributed by atoms with van der Waals surface area (Å²) in [5, 5.41) is 3.29. The summed E-state index contributed by atoms with van der Waals surface area (Å²) in [6.07, 6.45) is 3.41. The molecule has 0 spiro atoms. The normalized spacial score (nSPS) is 12.4. The maximum Gasteiger partial charge on any atom is 0.149 e. The quantitative estimate of drug-likeness (QED) is 0.877. The van der Waals surface area contributed by atoms with Crippen LogP contribution in [0.1, 0.15) is 24.4 Å². The van der Waals surface area contributed by atoms with Gasteiger partial charge in [0.1, 0.15) is 11.6 Å². The molecule has 0 fully saturated rings. The first-order chi connectivity index (χ1) is 8.31. The molecule has 0 aliphatic heterocycles. The highest BCUT2D eigenvalue weighted by Crippen LogP contribution is 2.18. The molecule has 1 N–H and O–H groups in total. The molecule has 3 nitrogen and oxygen atoms in total. The average Bonchev–Trinajstić information content (AvgIpc) is 2.38. The summed E-state index contributed by atoms with van der Waals surface area (Å²) < 4.78 is 12.9. The second-order valence-corrected chi connectivity index (χ2v) is 3.65. The van der Waals surface area contributed by atoms with Gasteiger partial charge in [-0.3, -0.25) is 0 Å². The van der Waals surface area contributed by atoms with Gasteiger partial charge in [-0.15, -0.1) is 0 Å². The predicted molar refractivity (Wildman–Crippen MR) is 64.0 cm³/mol. The first kappa shape index (κ1) is 11.7. The van der Waals surface area contributed by atoms with E-state index in [-0.39, 0.29) is 11.9 Å². The molecular formula is C13H14FN3. The highest BCUT2D eigenvalue weighted by Gasteiger charge is 2.14. The smallest absolute Gasteiger partial charge is 0.149 e. The number of rotatable bonds is 4. The number of hydrogen-bond acceptors (Lipinski definition) is 3. The molecule has 1 unspecified atom stereocenters. The van der Waals surface area contributed by atoms with Crippen LogP contribution in [0.25, 0.3) is 0 Å². The van der Waals surface area contributed by atoms with E-state index in [2.05, 4.69) is 15.3 Å². The minimum Gasteiger partial charge on any atom is -0.304 e. The van der Waals surface area contributed by atoms with E-state index >= 15 is 0 Å². The molecule has 2 aromatic rings. The number of aromatic nitrogens is 2. The van der Waals surface area contributed by atoms with Crippen LogP contribution in [-0.2, 0) is 0 Å². The van der Waals surface area contributed by atoms with E-state index in [0.29, 0.717) is 5.82 Å². The molecule has 0 amide bonds. The fourth-order valence-electron chi connectivity index (χ4n) is 1.68. The number of nitrogens with one attached hydrogen (secondary N) is 1. The molecule has 0 saturated carbocycles. The van der Waals surface area contributed by atoms with Crippen LogP contribution in [0, 0.1) is 5.82 Å². The zero-order valence-corrected chi connectivity index (χ0v) is 9.60. The maximum atomic E-state index is 12.9. The van der Waals surface area contributed by atoms with Crippen molar-refractivity contribution in [3.63, 3.8) is 0 Å². The van der Waals surface area contributed by atoms with Crippen LogP contribution in [-0.4, -0.2) is 16.5 Å². The molecule has 1 aromatic carbocycles. The van der Waals surface area contributed by atoms with Crippen molar-refractivity contribution >= 4 is 0 Å². The summed E-state index contributed by atoms with van der Waals surface area (Å²) in [7, 11) is 0. The molecule has 0 aliphatic carbocycles. The van der Waals surface area contributed by atoms with Crippen LogP contribution >= 0.6 is 0 Å². The lowest BCUT2D eigenvalue weighted by atomic mass is 10.1. The molecule has 0 bridgehead atoms. The lowest BCUT2D eigenvalue weighted by Gasteiger charge is -2.16. The molecule has 0 saturated heterocycles. The van der Waals surface area contributed by atoms with Crippen LogP contribution in [0.2, 0.25) is 0 Å². The zero-order valence-electron chi connectivity index (χ0n) is 9.60. The van der Waals surface area contributed by atoms with Gasteiger partial charge in [0.25, 0.3) is 0 Å². The van der Waals surface area contributed by atoms with Crippen LogP contribution in [0.15, 0.2) is 42.7 Å². The van der Waals surface area contributed by atoms with Gasteiger partial charge in [-0.1, -0.05) is 19.1 Å². The van der Waals surface area contributed by atoms with Crippen molar-refractivity contribution in [1.82, 2.24) is 15.3 Å². The monoisotopic (exact) mass is 231 g/mol. The molecule has 0 radical (unpaired) electrons. The van der Waals surface area contributed by atoms with Gasteiger partial charge in [0.15, 0.2) is 0 Å². The summed E-state index contributed by atoms with van der Waals surface area (Å²) in [6, 6.07) is 8.07. The highest BCUT2D eigenvalue weighted by atomic mass is 19.1. The van der Waals surface area contributed by atoms with Crippen molar-refractivity contribution in [3.8, 4) is 0 Å². The fourth-order valence-corrected chi connectivity index (χ4v) is 1.68. The lowest BCUT2D eigenvalue weighted by molar-refractivity contribution is 0.591. The number of benzene rings is 1. The summed E-state index contributed by atoms with van der Waals surface area (Å²) >= 11 is 0. The second kappa shape index (κ2) is 5.50. The Morgan fingerprint density at radius 2 is 1.82 bits per heavy atom. The van der Waals surface area contributed by atoms with Gasteiger partial charge < -0.3 is 5.32 Å².